The van der Waals surface area contributed by atoms with Crippen LogP contribution < -0.4 is 10.6 Å². The molecule has 2 rings (SSSR count). The van der Waals surface area contributed by atoms with E-state index in [1.54, 1.807) is 12.1 Å². The van der Waals surface area contributed by atoms with E-state index in [0.717, 1.165) is 57.0 Å². The van der Waals surface area contributed by atoms with E-state index in [9.17, 15) is 8.42 Å². The Hall–Kier alpha value is -0.870. The fraction of sp³-hybridized carbons (Fsp3) is 0.696. The summed E-state index contributed by atoms with van der Waals surface area (Å²) in [5, 5.41) is 6.63. The number of sulfone groups is 1. The molecule has 31 heavy (non-hydrogen) atoms. The van der Waals surface area contributed by atoms with E-state index < -0.39 is 9.84 Å². The number of hydrogen-bond acceptors (Lipinski definition) is 4. The van der Waals surface area contributed by atoms with E-state index in [4.69, 9.17) is 4.74 Å². The first kappa shape index (κ1) is 28.2. The molecule has 2 N–H and O–H groups in total. The zero-order valence-electron chi connectivity index (χ0n) is 19.1. The van der Waals surface area contributed by atoms with Crippen LogP contribution in [0.5, 0.6) is 0 Å². The number of unbranched alkanes of at least 4 members (excludes halogenated alkanes) is 1. The molecule has 1 aromatic rings. The summed E-state index contributed by atoms with van der Waals surface area (Å²) >= 11 is 0. The van der Waals surface area contributed by atoms with Crippen molar-refractivity contribution < 1.29 is 13.2 Å². The quantitative estimate of drug-likeness (QED) is 0.137. The number of guanidine groups is 1. The SMILES string of the molecule is CCNC(=NCCCCOC1CCCCCC1)NCCc1ccc(S(C)(=O)=O)cc1.I. The van der Waals surface area contributed by atoms with Crippen LogP contribution in [0.4, 0.5) is 0 Å². The lowest BCUT2D eigenvalue weighted by atomic mass is 10.1. The van der Waals surface area contributed by atoms with Gasteiger partial charge in [-0.05, 0) is 56.7 Å². The lowest BCUT2D eigenvalue weighted by Crippen LogP contribution is -2.38. The minimum atomic E-state index is -3.14. The lowest BCUT2D eigenvalue weighted by molar-refractivity contribution is 0.0413. The molecule has 0 amide bonds. The van der Waals surface area contributed by atoms with E-state index in [2.05, 4.69) is 22.5 Å². The normalized spacial score (nSPS) is 15.7. The lowest BCUT2D eigenvalue weighted by Gasteiger charge is -2.15. The topological polar surface area (TPSA) is 79.8 Å². The molecule has 0 spiro atoms. The fourth-order valence-electron chi connectivity index (χ4n) is 3.63. The summed E-state index contributed by atoms with van der Waals surface area (Å²) < 4.78 is 29.1. The Labute approximate surface area is 206 Å². The van der Waals surface area contributed by atoms with Crippen molar-refractivity contribution in [1.82, 2.24) is 10.6 Å². The minimum absolute atomic E-state index is 0. The molecular weight excluding hydrogens is 525 g/mol. The van der Waals surface area contributed by atoms with Crippen LogP contribution in [0, 0.1) is 0 Å². The van der Waals surface area contributed by atoms with Gasteiger partial charge in [0.1, 0.15) is 0 Å². The molecule has 0 radical (unpaired) electrons. The Balaban J connectivity index is 0.00000480. The molecular formula is C23H40IN3O3S. The van der Waals surface area contributed by atoms with Crippen molar-refractivity contribution in [3.8, 4) is 0 Å². The Morgan fingerprint density at radius 3 is 2.35 bits per heavy atom. The maximum absolute atomic E-state index is 11.5. The number of nitrogens with one attached hydrogen (secondary N) is 2. The zero-order valence-corrected chi connectivity index (χ0v) is 22.2. The molecule has 0 atom stereocenters. The van der Waals surface area contributed by atoms with Gasteiger partial charge in [-0.1, -0.05) is 37.8 Å². The first-order chi connectivity index (χ1) is 14.5. The molecule has 1 aromatic carbocycles. The average Bonchev–Trinajstić information content (AvgIpc) is 2.99. The molecule has 6 nitrogen and oxygen atoms in total. The molecule has 1 fully saturated rings. The van der Waals surface area contributed by atoms with Crippen molar-refractivity contribution in [1.29, 1.82) is 0 Å². The number of halogens is 1. The van der Waals surface area contributed by atoms with E-state index in [1.807, 2.05) is 12.1 Å². The minimum Gasteiger partial charge on any atom is -0.378 e. The predicted octanol–water partition coefficient (Wildman–Crippen LogP) is 4.33. The highest BCUT2D eigenvalue weighted by Crippen LogP contribution is 2.20. The van der Waals surface area contributed by atoms with Crippen molar-refractivity contribution in [2.24, 2.45) is 4.99 Å². The number of nitrogens with zero attached hydrogens (tertiary/aromatic N) is 1. The van der Waals surface area contributed by atoms with Gasteiger partial charge in [-0.3, -0.25) is 4.99 Å². The molecule has 1 aliphatic rings. The molecule has 0 saturated heterocycles. The van der Waals surface area contributed by atoms with Crippen LogP contribution >= 0.6 is 24.0 Å². The van der Waals surface area contributed by atoms with Gasteiger partial charge in [0.25, 0.3) is 0 Å². The molecule has 0 bridgehead atoms. The second-order valence-corrected chi connectivity index (χ2v) is 10.1. The molecule has 0 aliphatic heterocycles. The van der Waals surface area contributed by atoms with Crippen LogP contribution in [0.3, 0.4) is 0 Å². The molecule has 0 unspecified atom stereocenters. The molecule has 1 aliphatic carbocycles. The average molecular weight is 566 g/mol. The maximum atomic E-state index is 11.5. The van der Waals surface area contributed by atoms with Gasteiger partial charge in [-0.25, -0.2) is 8.42 Å². The van der Waals surface area contributed by atoms with Crippen molar-refractivity contribution in [3.63, 3.8) is 0 Å². The van der Waals surface area contributed by atoms with Crippen molar-refractivity contribution >= 4 is 39.8 Å². The van der Waals surface area contributed by atoms with Crippen LogP contribution in [0.1, 0.15) is 63.9 Å². The highest BCUT2D eigenvalue weighted by atomic mass is 127. The van der Waals surface area contributed by atoms with Crippen LogP contribution in [0.25, 0.3) is 0 Å². The summed E-state index contributed by atoms with van der Waals surface area (Å²) in [6, 6.07) is 7.08. The van der Waals surface area contributed by atoms with E-state index in [1.165, 1.54) is 44.8 Å². The van der Waals surface area contributed by atoms with Crippen LogP contribution in [-0.4, -0.2) is 53.0 Å². The van der Waals surface area contributed by atoms with Crippen molar-refractivity contribution in [3.05, 3.63) is 29.8 Å². The Bertz CT molecular complexity index is 731. The van der Waals surface area contributed by atoms with Crippen molar-refractivity contribution in [2.45, 2.75) is 75.7 Å². The highest BCUT2D eigenvalue weighted by Gasteiger charge is 2.11. The number of benzene rings is 1. The van der Waals surface area contributed by atoms with Gasteiger partial charge in [0.15, 0.2) is 15.8 Å². The first-order valence-corrected chi connectivity index (χ1v) is 13.3. The third-order valence-electron chi connectivity index (χ3n) is 5.38. The molecule has 0 heterocycles. The second-order valence-electron chi connectivity index (χ2n) is 8.05. The second kappa shape index (κ2) is 15.9. The Kier molecular flexibility index (Phi) is 14.4. The third kappa shape index (κ3) is 12.1. The molecule has 0 aromatic heterocycles. The molecule has 1 saturated carbocycles. The monoisotopic (exact) mass is 565 g/mol. The van der Waals surface area contributed by atoms with Gasteiger partial charge in [-0.15, -0.1) is 24.0 Å². The summed E-state index contributed by atoms with van der Waals surface area (Å²) in [5.41, 5.74) is 1.10. The number of hydrogen-bond donors (Lipinski definition) is 2. The van der Waals surface area contributed by atoms with Crippen LogP contribution in [0.2, 0.25) is 0 Å². The molecule has 8 heteroatoms. The standard InChI is InChI=1S/C23H39N3O3S.HI/c1-3-24-23(25-17-8-9-19-29-21-10-6-4-5-7-11-21)26-18-16-20-12-14-22(15-13-20)30(2,27)28;/h12-15,21H,3-11,16-19H2,1-2H3,(H2,24,25,26);1H. The highest BCUT2D eigenvalue weighted by molar-refractivity contribution is 14.0. The summed E-state index contributed by atoms with van der Waals surface area (Å²) in [4.78, 5) is 5.01. The largest absolute Gasteiger partial charge is 0.378 e. The van der Waals surface area contributed by atoms with Gasteiger partial charge in [0.2, 0.25) is 0 Å². The van der Waals surface area contributed by atoms with E-state index in [-0.39, 0.29) is 24.0 Å². The summed E-state index contributed by atoms with van der Waals surface area (Å²) in [5.74, 6) is 0.829. The first-order valence-electron chi connectivity index (χ1n) is 11.4. The fourth-order valence-corrected chi connectivity index (χ4v) is 4.26. The number of ether oxygens (including phenoxy) is 1. The molecule has 178 valence electrons. The van der Waals surface area contributed by atoms with Gasteiger partial charge < -0.3 is 15.4 Å². The smallest absolute Gasteiger partial charge is 0.191 e. The zero-order chi connectivity index (χ0) is 21.7. The predicted molar refractivity (Wildman–Crippen MR) is 139 cm³/mol. The van der Waals surface area contributed by atoms with Gasteiger partial charge in [0.05, 0.1) is 11.0 Å². The van der Waals surface area contributed by atoms with Gasteiger partial charge in [0, 0.05) is 32.5 Å². The number of aliphatic imine (C=N–C) groups is 1. The van der Waals surface area contributed by atoms with Crippen LogP contribution in [-0.2, 0) is 21.0 Å². The summed E-state index contributed by atoms with van der Waals surface area (Å²) in [6.07, 6.45) is 12.4. The number of rotatable bonds is 11. The van der Waals surface area contributed by atoms with E-state index in [0.29, 0.717) is 11.0 Å². The maximum Gasteiger partial charge on any atom is 0.191 e. The summed E-state index contributed by atoms with van der Waals surface area (Å²) in [7, 11) is -3.14. The summed E-state index contributed by atoms with van der Waals surface area (Å²) in [6.45, 7) is 5.25. The van der Waals surface area contributed by atoms with Crippen LogP contribution in [0.15, 0.2) is 34.2 Å². The van der Waals surface area contributed by atoms with Gasteiger partial charge >= 0.3 is 0 Å². The van der Waals surface area contributed by atoms with Crippen molar-refractivity contribution in [2.75, 3.05) is 32.5 Å². The van der Waals surface area contributed by atoms with Gasteiger partial charge in [-0.2, -0.15) is 0 Å². The Morgan fingerprint density at radius 1 is 1.06 bits per heavy atom. The van der Waals surface area contributed by atoms with E-state index >= 15 is 0 Å². The Morgan fingerprint density at radius 2 is 1.74 bits per heavy atom. The third-order valence-corrected chi connectivity index (χ3v) is 6.51.